The van der Waals surface area contributed by atoms with Crippen LogP contribution in [0.1, 0.15) is 48.8 Å². The van der Waals surface area contributed by atoms with Gasteiger partial charge < -0.3 is 9.83 Å². The van der Waals surface area contributed by atoms with Gasteiger partial charge in [0.1, 0.15) is 0 Å². The number of aliphatic carboxylic acids is 1. The van der Waals surface area contributed by atoms with E-state index in [9.17, 15) is 4.79 Å². The predicted octanol–water partition coefficient (Wildman–Crippen LogP) is 6.76. The van der Waals surface area contributed by atoms with Gasteiger partial charge in [-0.15, -0.1) is 0 Å². The lowest BCUT2D eigenvalue weighted by Crippen LogP contribution is -1.95. The minimum Gasteiger partial charge on any atom is -0.481 e. The first-order valence-corrected chi connectivity index (χ1v) is 10.6. The van der Waals surface area contributed by atoms with Crippen LogP contribution >= 0.6 is 27.9 Å². The lowest BCUT2D eigenvalue weighted by atomic mass is 10.1. The Morgan fingerprint density at radius 1 is 1.08 bits per heavy atom. The molecule has 0 unspecified atom stereocenters. The number of carbonyl (C=O) groups is 1. The summed E-state index contributed by atoms with van der Waals surface area (Å²) in [5.41, 5.74) is 4.95. The smallest absolute Gasteiger partial charge is 0.303 e. The van der Waals surface area contributed by atoms with Gasteiger partial charge in [-0.05, 0) is 86.0 Å². The summed E-state index contributed by atoms with van der Waals surface area (Å²) in [6.45, 7) is 4.23. The Morgan fingerprint density at radius 2 is 1.77 bits per heavy atom. The van der Waals surface area contributed by atoms with Gasteiger partial charge in [0.05, 0.1) is 5.69 Å². The molecule has 0 amide bonds. The second kappa shape index (κ2) is 10.6. The molecule has 0 aliphatic carbocycles. The number of benzene rings is 2. The van der Waals surface area contributed by atoms with Crippen molar-refractivity contribution in [1.82, 2.24) is 0 Å². The molecule has 2 aromatic rings. The Bertz CT molecular complexity index is 726. The van der Waals surface area contributed by atoms with E-state index < -0.39 is 5.97 Å². The topological polar surface area (TPSA) is 49.3 Å². The van der Waals surface area contributed by atoms with Crippen molar-refractivity contribution in [2.45, 2.75) is 57.3 Å². The van der Waals surface area contributed by atoms with Crippen LogP contribution in [0, 0.1) is 13.8 Å². The molecule has 5 heteroatoms. The number of aryl methyl sites for hydroxylation is 3. The third kappa shape index (κ3) is 7.04. The van der Waals surface area contributed by atoms with Crippen molar-refractivity contribution in [3.05, 3.63) is 57.6 Å². The number of nitrogens with one attached hydrogen (secondary N) is 1. The third-order valence-electron chi connectivity index (χ3n) is 4.27. The molecule has 2 rings (SSSR count). The van der Waals surface area contributed by atoms with Gasteiger partial charge in [0.25, 0.3) is 0 Å². The van der Waals surface area contributed by atoms with E-state index in [1.807, 2.05) is 0 Å². The number of unbranched alkanes of at least 4 members (excludes halogenated alkanes) is 3. The average Bonchev–Trinajstić information content (AvgIpc) is 2.57. The van der Waals surface area contributed by atoms with Crippen LogP contribution in [0.4, 0.5) is 5.69 Å². The van der Waals surface area contributed by atoms with E-state index in [1.165, 1.54) is 27.3 Å². The molecule has 26 heavy (non-hydrogen) atoms. The lowest BCUT2D eigenvalue weighted by molar-refractivity contribution is -0.137. The van der Waals surface area contributed by atoms with E-state index in [4.69, 9.17) is 5.11 Å². The number of carboxylic acids is 1. The van der Waals surface area contributed by atoms with E-state index in [-0.39, 0.29) is 6.42 Å². The van der Waals surface area contributed by atoms with Crippen molar-refractivity contribution in [3.63, 3.8) is 0 Å². The largest absolute Gasteiger partial charge is 0.481 e. The highest BCUT2D eigenvalue weighted by atomic mass is 79.9. The summed E-state index contributed by atoms with van der Waals surface area (Å²) in [7, 11) is 0. The number of halogens is 1. The van der Waals surface area contributed by atoms with Crippen molar-refractivity contribution in [2.75, 3.05) is 4.72 Å². The van der Waals surface area contributed by atoms with E-state index in [2.05, 4.69) is 70.9 Å². The normalized spacial score (nSPS) is 10.7. The quantitative estimate of drug-likeness (QED) is 0.319. The van der Waals surface area contributed by atoms with E-state index in [1.54, 1.807) is 11.9 Å². The Kier molecular flexibility index (Phi) is 8.52. The summed E-state index contributed by atoms with van der Waals surface area (Å²) in [5, 5.41) is 8.65. The number of anilines is 1. The Labute approximate surface area is 168 Å². The van der Waals surface area contributed by atoms with Gasteiger partial charge in [0.2, 0.25) is 0 Å². The maximum Gasteiger partial charge on any atom is 0.303 e. The molecule has 0 radical (unpaired) electrons. The van der Waals surface area contributed by atoms with Gasteiger partial charge in [0.15, 0.2) is 0 Å². The molecule has 0 aromatic heterocycles. The second-order valence-corrected chi connectivity index (χ2v) is 8.37. The summed E-state index contributed by atoms with van der Waals surface area (Å²) >= 11 is 5.18. The molecule has 0 aliphatic rings. The van der Waals surface area contributed by atoms with Crippen molar-refractivity contribution in [3.8, 4) is 0 Å². The monoisotopic (exact) mass is 435 g/mol. The van der Waals surface area contributed by atoms with Gasteiger partial charge in [-0.3, -0.25) is 4.79 Å². The zero-order chi connectivity index (χ0) is 18.9. The third-order valence-corrected chi connectivity index (χ3v) is 5.53. The maximum atomic E-state index is 10.5. The Balaban J connectivity index is 1.83. The van der Waals surface area contributed by atoms with Gasteiger partial charge in [-0.1, -0.05) is 40.9 Å². The second-order valence-electron chi connectivity index (χ2n) is 6.57. The van der Waals surface area contributed by atoms with Crippen LogP contribution in [-0.4, -0.2) is 11.1 Å². The highest BCUT2D eigenvalue weighted by molar-refractivity contribution is 9.10. The van der Waals surface area contributed by atoms with E-state index in [0.717, 1.165) is 36.6 Å². The minimum atomic E-state index is -0.696. The SMILES string of the molecule is Cc1cc(Br)cc(C)c1NSc1cccc(CCCCCCC(=O)O)c1. The summed E-state index contributed by atoms with van der Waals surface area (Å²) in [5.74, 6) is -0.696. The molecule has 0 spiro atoms. The Hall–Kier alpha value is -1.46. The summed E-state index contributed by atoms with van der Waals surface area (Å²) < 4.78 is 4.59. The van der Waals surface area contributed by atoms with Gasteiger partial charge in [-0.25, -0.2) is 0 Å². The number of rotatable bonds is 10. The van der Waals surface area contributed by atoms with E-state index in [0.29, 0.717) is 0 Å². The molecule has 2 aromatic carbocycles. The molecule has 2 N–H and O–H groups in total. The van der Waals surface area contributed by atoms with Crippen LogP contribution in [0.2, 0.25) is 0 Å². The molecule has 0 fully saturated rings. The van der Waals surface area contributed by atoms with Crippen molar-refractivity contribution >= 4 is 39.5 Å². The maximum absolute atomic E-state index is 10.5. The van der Waals surface area contributed by atoms with Crippen LogP contribution in [0.15, 0.2) is 45.8 Å². The number of carboxylic acid groups (broad SMARTS) is 1. The lowest BCUT2D eigenvalue weighted by Gasteiger charge is -2.13. The molecular formula is C21H26BrNO2S. The predicted molar refractivity (Wildman–Crippen MR) is 114 cm³/mol. The first kappa shape index (κ1) is 20.8. The van der Waals surface area contributed by atoms with Crippen LogP contribution in [0.5, 0.6) is 0 Å². The fourth-order valence-electron chi connectivity index (χ4n) is 2.91. The molecule has 0 bridgehead atoms. The molecule has 3 nitrogen and oxygen atoms in total. The van der Waals surface area contributed by atoms with Gasteiger partial charge in [-0.2, -0.15) is 0 Å². The first-order chi connectivity index (χ1) is 12.5. The molecule has 0 saturated heterocycles. The summed E-state index contributed by atoms with van der Waals surface area (Å²) in [6.07, 6.45) is 5.28. The van der Waals surface area contributed by atoms with Crippen LogP contribution < -0.4 is 4.72 Å². The fourth-order valence-corrected chi connectivity index (χ4v) is 4.49. The van der Waals surface area contributed by atoms with Crippen molar-refractivity contribution in [2.24, 2.45) is 0 Å². The molecule has 0 heterocycles. The van der Waals surface area contributed by atoms with Crippen molar-refractivity contribution < 1.29 is 9.90 Å². The van der Waals surface area contributed by atoms with Crippen LogP contribution in [-0.2, 0) is 11.2 Å². The van der Waals surface area contributed by atoms with Crippen LogP contribution in [0.25, 0.3) is 0 Å². The molecular weight excluding hydrogens is 410 g/mol. The molecule has 0 saturated carbocycles. The summed E-state index contributed by atoms with van der Waals surface area (Å²) in [4.78, 5) is 11.7. The zero-order valence-electron chi connectivity index (χ0n) is 15.3. The molecule has 0 aliphatic heterocycles. The van der Waals surface area contributed by atoms with Gasteiger partial charge in [0, 0.05) is 15.8 Å². The Morgan fingerprint density at radius 3 is 2.46 bits per heavy atom. The first-order valence-electron chi connectivity index (χ1n) is 8.96. The molecule has 0 atom stereocenters. The van der Waals surface area contributed by atoms with E-state index >= 15 is 0 Å². The van der Waals surface area contributed by atoms with Crippen molar-refractivity contribution in [1.29, 1.82) is 0 Å². The minimum absolute atomic E-state index is 0.284. The zero-order valence-corrected chi connectivity index (χ0v) is 17.8. The standard InChI is InChI=1S/C21H26BrNO2S/c1-15-12-18(22)13-16(2)21(15)23-26-19-10-7-9-17(14-19)8-5-3-4-6-11-20(24)25/h7,9-10,12-14,23H,3-6,8,11H2,1-2H3,(H,24,25). The highest BCUT2D eigenvalue weighted by Crippen LogP contribution is 2.30. The average molecular weight is 436 g/mol. The van der Waals surface area contributed by atoms with Crippen LogP contribution in [0.3, 0.4) is 0 Å². The summed E-state index contributed by atoms with van der Waals surface area (Å²) in [6, 6.07) is 12.9. The fraction of sp³-hybridized carbons (Fsp3) is 0.381. The highest BCUT2D eigenvalue weighted by Gasteiger charge is 2.05. The number of hydrogen-bond donors (Lipinski definition) is 2. The molecule has 140 valence electrons. The van der Waals surface area contributed by atoms with Gasteiger partial charge >= 0.3 is 5.97 Å². The number of hydrogen-bond acceptors (Lipinski definition) is 3.